The maximum atomic E-state index is 12.2. The van der Waals surface area contributed by atoms with Crippen LogP contribution in [0.4, 0.5) is 5.13 Å². The number of halogens is 1. The molecular weight excluding hydrogens is 352 g/mol. The average Bonchev–Trinajstić information content (AvgIpc) is 3.06. The van der Waals surface area contributed by atoms with Crippen molar-refractivity contribution in [2.75, 3.05) is 5.32 Å². The molecule has 122 valence electrons. The molecule has 0 fully saturated rings. The van der Waals surface area contributed by atoms with E-state index in [-0.39, 0.29) is 6.54 Å². The monoisotopic (exact) mass is 362 g/mol. The minimum Gasteiger partial charge on any atom is -0.300 e. The first-order chi connectivity index (χ1) is 11.5. The number of aromatic nitrogens is 3. The van der Waals surface area contributed by atoms with Crippen LogP contribution in [-0.2, 0) is 11.3 Å². The summed E-state index contributed by atoms with van der Waals surface area (Å²) in [4.78, 5) is 40.2. The Balaban J connectivity index is 1.85. The summed E-state index contributed by atoms with van der Waals surface area (Å²) in [5.41, 5.74) is -1.02. The second kappa shape index (κ2) is 6.81. The molecule has 0 aliphatic carbocycles. The lowest BCUT2D eigenvalue weighted by Crippen LogP contribution is -2.41. The van der Waals surface area contributed by atoms with Crippen molar-refractivity contribution < 1.29 is 4.79 Å². The molecule has 0 aliphatic rings. The Morgan fingerprint density at radius 1 is 1.17 bits per heavy atom. The maximum Gasteiger partial charge on any atom is 0.320 e. The van der Waals surface area contributed by atoms with Crippen LogP contribution in [0.25, 0.3) is 5.69 Å². The third-order valence-corrected chi connectivity index (χ3v) is 4.10. The SMILES string of the molecule is O=C(Cn1ccn(-c2ccc(Cl)cc2)c(=O)c1=O)Nc1nccs1. The van der Waals surface area contributed by atoms with Crippen LogP contribution in [0.3, 0.4) is 0 Å². The Kier molecular flexibility index (Phi) is 4.59. The van der Waals surface area contributed by atoms with E-state index in [1.54, 1.807) is 35.8 Å². The molecule has 0 spiro atoms. The number of nitrogens with zero attached hydrogens (tertiary/aromatic N) is 3. The van der Waals surface area contributed by atoms with Gasteiger partial charge in [0.05, 0.1) is 0 Å². The summed E-state index contributed by atoms with van der Waals surface area (Å²) in [6.07, 6.45) is 4.38. The van der Waals surface area contributed by atoms with E-state index in [9.17, 15) is 14.4 Å². The molecule has 3 aromatic rings. The quantitative estimate of drug-likeness (QED) is 0.716. The van der Waals surface area contributed by atoms with Gasteiger partial charge in [0.2, 0.25) is 5.91 Å². The highest BCUT2D eigenvalue weighted by atomic mass is 35.5. The van der Waals surface area contributed by atoms with Gasteiger partial charge in [0, 0.05) is 34.7 Å². The van der Waals surface area contributed by atoms with E-state index in [2.05, 4.69) is 10.3 Å². The summed E-state index contributed by atoms with van der Waals surface area (Å²) in [5, 5.41) is 5.23. The number of nitrogens with one attached hydrogen (secondary N) is 1. The third kappa shape index (κ3) is 3.44. The predicted octanol–water partition coefficient (Wildman–Crippen LogP) is 1.75. The number of anilines is 1. The molecule has 0 saturated heterocycles. The van der Waals surface area contributed by atoms with Crippen molar-refractivity contribution in [2.45, 2.75) is 6.54 Å². The topological polar surface area (TPSA) is 86.0 Å². The van der Waals surface area contributed by atoms with Gasteiger partial charge in [-0.2, -0.15) is 0 Å². The van der Waals surface area contributed by atoms with Gasteiger partial charge in [0.1, 0.15) is 6.54 Å². The van der Waals surface area contributed by atoms with Gasteiger partial charge in [-0.05, 0) is 24.3 Å². The summed E-state index contributed by atoms with van der Waals surface area (Å²) in [6, 6.07) is 6.50. The molecule has 0 aliphatic heterocycles. The van der Waals surface area contributed by atoms with Crippen LogP contribution >= 0.6 is 22.9 Å². The molecule has 1 N–H and O–H groups in total. The van der Waals surface area contributed by atoms with E-state index in [1.807, 2.05) is 0 Å². The lowest BCUT2D eigenvalue weighted by molar-refractivity contribution is -0.116. The molecular formula is C15H11ClN4O3S. The molecule has 0 bridgehead atoms. The number of hydrogen-bond donors (Lipinski definition) is 1. The molecule has 0 unspecified atom stereocenters. The summed E-state index contributed by atoms with van der Waals surface area (Å²) >= 11 is 7.07. The molecule has 24 heavy (non-hydrogen) atoms. The van der Waals surface area contributed by atoms with E-state index < -0.39 is 17.0 Å². The van der Waals surface area contributed by atoms with Gasteiger partial charge in [0.15, 0.2) is 5.13 Å². The second-order valence-corrected chi connectivity index (χ2v) is 6.10. The van der Waals surface area contributed by atoms with Crippen LogP contribution in [0.15, 0.2) is 57.8 Å². The van der Waals surface area contributed by atoms with E-state index in [4.69, 9.17) is 11.6 Å². The summed E-state index contributed by atoms with van der Waals surface area (Å²) in [7, 11) is 0. The average molecular weight is 363 g/mol. The molecule has 0 atom stereocenters. The van der Waals surface area contributed by atoms with Crippen molar-refractivity contribution in [3.05, 3.63) is 74.0 Å². The van der Waals surface area contributed by atoms with Crippen molar-refractivity contribution in [3.8, 4) is 5.69 Å². The minimum absolute atomic E-state index is 0.269. The Bertz CT molecular complexity index is 977. The molecule has 9 heteroatoms. The van der Waals surface area contributed by atoms with Gasteiger partial charge in [0.25, 0.3) is 0 Å². The summed E-state index contributed by atoms with van der Waals surface area (Å²) in [6.45, 7) is -0.269. The molecule has 2 aromatic heterocycles. The second-order valence-electron chi connectivity index (χ2n) is 4.77. The molecule has 7 nitrogen and oxygen atoms in total. The smallest absolute Gasteiger partial charge is 0.300 e. The Labute approximate surface area is 144 Å². The molecule has 2 heterocycles. The van der Waals surface area contributed by atoms with Gasteiger partial charge in [-0.15, -0.1) is 11.3 Å². The molecule has 0 saturated carbocycles. The Morgan fingerprint density at radius 2 is 1.92 bits per heavy atom. The fourth-order valence-electron chi connectivity index (χ4n) is 2.04. The highest BCUT2D eigenvalue weighted by molar-refractivity contribution is 7.13. The fourth-order valence-corrected chi connectivity index (χ4v) is 2.71. The minimum atomic E-state index is -0.790. The largest absolute Gasteiger partial charge is 0.320 e. The highest BCUT2D eigenvalue weighted by Crippen LogP contribution is 2.11. The van der Waals surface area contributed by atoms with Gasteiger partial charge in [-0.25, -0.2) is 4.98 Å². The summed E-state index contributed by atoms with van der Waals surface area (Å²) < 4.78 is 2.26. The number of rotatable bonds is 4. The van der Waals surface area contributed by atoms with E-state index in [1.165, 1.54) is 28.3 Å². The molecule has 1 amide bonds. The van der Waals surface area contributed by atoms with Gasteiger partial charge >= 0.3 is 11.1 Å². The maximum absolute atomic E-state index is 12.2. The van der Waals surface area contributed by atoms with E-state index >= 15 is 0 Å². The zero-order chi connectivity index (χ0) is 17.1. The predicted molar refractivity (Wildman–Crippen MR) is 92.1 cm³/mol. The normalized spacial score (nSPS) is 10.5. The van der Waals surface area contributed by atoms with Crippen LogP contribution in [0, 0.1) is 0 Å². The lowest BCUT2D eigenvalue weighted by atomic mass is 10.3. The number of carbonyl (C=O) groups excluding carboxylic acids is 1. The summed E-state index contributed by atoms with van der Waals surface area (Å²) in [5.74, 6) is -0.435. The number of benzene rings is 1. The van der Waals surface area contributed by atoms with Crippen molar-refractivity contribution in [3.63, 3.8) is 0 Å². The zero-order valence-electron chi connectivity index (χ0n) is 12.2. The first-order valence-electron chi connectivity index (χ1n) is 6.82. The van der Waals surface area contributed by atoms with Crippen molar-refractivity contribution >= 4 is 34.0 Å². The van der Waals surface area contributed by atoms with Crippen LogP contribution in [0.2, 0.25) is 5.02 Å². The fraction of sp³-hybridized carbons (Fsp3) is 0.0667. The number of thiazole rings is 1. The molecule has 1 aromatic carbocycles. The van der Waals surface area contributed by atoms with Crippen LogP contribution in [-0.4, -0.2) is 20.0 Å². The zero-order valence-corrected chi connectivity index (χ0v) is 13.8. The highest BCUT2D eigenvalue weighted by Gasteiger charge is 2.10. The number of hydrogen-bond acceptors (Lipinski definition) is 5. The lowest BCUT2D eigenvalue weighted by Gasteiger charge is -2.09. The Hall–Kier alpha value is -2.71. The number of carbonyl (C=O) groups is 1. The standard InChI is InChI=1S/C15H11ClN4O3S/c16-10-1-3-11(4-2-10)20-7-6-19(13(22)14(20)23)9-12(21)18-15-17-5-8-24-15/h1-8H,9H2,(H,17,18,21). The van der Waals surface area contributed by atoms with Crippen LogP contribution in [0.5, 0.6) is 0 Å². The van der Waals surface area contributed by atoms with Crippen LogP contribution < -0.4 is 16.4 Å². The van der Waals surface area contributed by atoms with E-state index in [0.717, 1.165) is 4.57 Å². The third-order valence-electron chi connectivity index (χ3n) is 3.16. The van der Waals surface area contributed by atoms with Crippen LogP contribution in [0.1, 0.15) is 0 Å². The first kappa shape index (κ1) is 16.2. The van der Waals surface area contributed by atoms with E-state index in [0.29, 0.717) is 15.8 Å². The molecule has 3 rings (SSSR count). The van der Waals surface area contributed by atoms with Crippen molar-refractivity contribution in [1.82, 2.24) is 14.1 Å². The van der Waals surface area contributed by atoms with Crippen molar-refractivity contribution in [1.29, 1.82) is 0 Å². The van der Waals surface area contributed by atoms with Crippen molar-refractivity contribution in [2.24, 2.45) is 0 Å². The number of amides is 1. The van der Waals surface area contributed by atoms with Gasteiger partial charge in [-0.3, -0.25) is 23.5 Å². The van der Waals surface area contributed by atoms with Gasteiger partial charge in [-0.1, -0.05) is 11.6 Å². The first-order valence-corrected chi connectivity index (χ1v) is 8.08. The Morgan fingerprint density at radius 3 is 2.58 bits per heavy atom. The van der Waals surface area contributed by atoms with Gasteiger partial charge < -0.3 is 5.32 Å². The molecule has 0 radical (unpaired) electrons.